The number of carbonyl (C=O) groups excluding carboxylic acids is 1. The molecule has 1 aliphatic carbocycles. The van der Waals surface area contributed by atoms with Crippen molar-refractivity contribution in [2.45, 2.75) is 39.5 Å². The van der Waals surface area contributed by atoms with E-state index in [-0.39, 0.29) is 0 Å². The van der Waals surface area contributed by atoms with Crippen molar-refractivity contribution in [3.8, 4) is 0 Å². The molecular weight excluding hydrogens is 148 g/mol. The summed E-state index contributed by atoms with van der Waals surface area (Å²) < 4.78 is 0. The summed E-state index contributed by atoms with van der Waals surface area (Å²) in [6.07, 6.45) is 7.80. The van der Waals surface area contributed by atoms with Gasteiger partial charge < -0.3 is 4.79 Å². The van der Waals surface area contributed by atoms with Crippen LogP contribution in [0.2, 0.25) is 0 Å². The molecule has 0 heterocycles. The number of aldehydes is 1. The van der Waals surface area contributed by atoms with Crippen molar-refractivity contribution in [3.63, 3.8) is 0 Å². The highest BCUT2D eigenvalue weighted by Crippen LogP contribution is 2.30. The highest BCUT2D eigenvalue weighted by atomic mass is 16.1. The van der Waals surface area contributed by atoms with Gasteiger partial charge in [0.2, 0.25) is 0 Å². The van der Waals surface area contributed by atoms with E-state index in [1.807, 2.05) is 0 Å². The monoisotopic (exact) mass is 166 g/mol. The predicted octanol–water partition coefficient (Wildman–Crippen LogP) is 2.96. The maximum Gasteiger partial charge on any atom is 0.120 e. The van der Waals surface area contributed by atoms with Crippen LogP contribution >= 0.6 is 0 Å². The average Bonchev–Trinajstić information content (AvgIpc) is 2.06. The molecule has 1 rings (SSSR count). The standard InChI is InChI=1S/C11H18O/c1-9-3-5-11(6-4-9)10(2)7-8-12/h3,8,10-11H,4-7H2,1-2H3/t10-,11?/m1/s1. The van der Waals surface area contributed by atoms with E-state index in [0.29, 0.717) is 5.92 Å². The van der Waals surface area contributed by atoms with Gasteiger partial charge in [0, 0.05) is 6.42 Å². The first-order chi connectivity index (χ1) is 5.74. The summed E-state index contributed by atoms with van der Waals surface area (Å²) in [5.74, 6) is 1.32. The lowest BCUT2D eigenvalue weighted by molar-refractivity contribution is -0.108. The molecule has 1 heteroatoms. The number of carbonyl (C=O) groups is 1. The molecule has 0 saturated carbocycles. The van der Waals surface area contributed by atoms with Gasteiger partial charge in [0.05, 0.1) is 0 Å². The smallest absolute Gasteiger partial charge is 0.120 e. The summed E-state index contributed by atoms with van der Waals surface area (Å²) in [5, 5.41) is 0. The fourth-order valence-electron chi connectivity index (χ4n) is 1.85. The van der Waals surface area contributed by atoms with Crippen LogP contribution in [0.4, 0.5) is 0 Å². The van der Waals surface area contributed by atoms with E-state index in [0.717, 1.165) is 18.6 Å². The van der Waals surface area contributed by atoms with Crippen LogP contribution in [0.5, 0.6) is 0 Å². The Bertz CT molecular complexity index is 181. The minimum absolute atomic E-state index is 0.576. The molecule has 0 bridgehead atoms. The van der Waals surface area contributed by atoms with Gasteiger partial charge in [-0.15, -0.1) is 0 Å². The summed E-state index contributed by atoms with van der Waals surface area (Å²) in [7, 11) is 0. The molecule has 0 spiro atoms. The summed E-state index contributed by atoms with van der Waals surface area (Å²) in [4.78, 5) is 10.3. The fraction of sp³-hybridized carbons (Fsp3) is 0.727. The lowest BCUT2D eigenvalue weighted by atomic mass is 9.81. The molecule has 0 aromatic carbocycles. The molecule has 0 aromatic rings. The number of hydrogen-bond acceptors (Lipinski definition) is 1. The third-order valence-electron chi connectivity index (χ3n) is 2.95. The van der Waals surface area contributed by atoms with Crippen molar-refractivity contribution in [2.75, 3.05) is 0 Å². The van der Waals surface area contributed by atoms with Gasteiger partial charge in [-0.2, -0.15) is 0 Å². The maximum absolute atomic E-state index is 10.3. The predicted molar refractivity (Wildman–Crippen MR) is 50.9 cm³/mol. The molecule has 1 aliphatic rings. The molecule has 0 aliphatic heterocycles. The molecule has 68 valence electrons. The summed E-state index contributed by atoms with van der Waals surface area (Å²) >= 11 is 0. The molecule has 0 aromatic heterocycles. The molecule has 0 saturated heterocycles. The fourth-order valence-corrected chi connectivity index (χ4v) is 1.85. The SMILES string of the molecule is CC1=CCC([C@H](C)CC=O)CC1. The van der Waals surface area contributed by atoms with Crippen molar-refractivity contribution in [1.82, 2.24) is 0 Å². The zero-order valence-electron chi connectivity index (χ0n) is 8.05. The molecule has 0 amide bonds. The first-order valence-corrected chi connectivity index (χ1v) is 4.83. The number of rotatable bonds is 3. The minimum Gasteiger partial charge on any atom is -0.303 e. The van der Waals surface area contributed by atoms with E-state index < -0.39 is 0 Å². The van der Waals surface area contributed by atoms with Gasteiger partial charge in [0.25, 0.3) is 0 Å². The van der Waals surface area contributed by atoms with Gasteiger partial charge in [0.1, 0.15) is 6.29 Å². The summed E-state index contributed by atoms with van der Waals surface area (Å²) in [6.45, 7) is 4.38. The van der Waals surface area contributed by atoms with Crippen LogP contribution in [-0.4, -0.2) is 6.29 Å². The van der Waals surface area contributed by atoms with Crippen LogP contribution in [0, 0.1) is 11.8 Å². The first kappa shape index (κ1) is 9.50. The Balaban J connectivity index is 2.39. The van der Waals surface area contributed by atoms with Gasteiger partial charge in [-0.25, -0.2) is 0 Å². The highest BCUT2D eigenvalue weighted by Gasteiger charge is 2.18. The molecule has 1 nitrogen and oxygen atoms in total. The largest absolute Gasteiger partial charge is 0.303 e. The quantitative estimate of drug-likeness (QED) is 0.465. The van der Waals surface area contributed by atoms with E-state index >= 15 is 0 Å². The second kappa shape index (κ2) is 4.44. The Morgan fingerprint density at radius 1 is 1.75 bits per heavy atom. The first-order valence-electron chi connectivity index (χ1n) is 4.83. The van der Waals surface area contributed by atoms with E-state index in [9.17, 15) is 4.79 Å². The van der Waals surface area contributed by atoms with Gasteiger partial charge in [-0.05, 0) is 38.0 Å². The van der Waals surface area contributed by atoms with Crippen LogP contribution < -0.4 is 0 Å². The van der Waals surface area contributed by atoms with Crippen LogP contribution in [0.3, 0.4) is 0 Å². The molecule has 0 N–H and O–H groups in total. The van der Waals surface area contributed by atoms with Crippen molar-refractivity contribution in [3.05, 3.63) is 11.6 Å². The highest BCUT2D eigenvalue weighted by molar-refractivity contribution is 5.49. The molecule has 2 atom stereocenters. The Kier molecular flexibility index (Phi) is 3.51. The average molecular weight is 166 g/mol. The minimum atomic E-state index is 0.576. The Labute approximate surface area is 74.9 Å². The summed E-state index contributed by atoms with van der Waals surface area (Å²) in [6, 6.07) is 0. The topological polar surface area (TPSA) is 17.1 Å². The van der Waals surface area contributed by atoms with Crippen molar-refractivity contribution >= 4 is 6.29 Å². The zero-order valence-corrected chi connectivity index (χ0v) is 8.05. The zero-order chi connectivity index (χ0) is 8.97. The van der Waals surface area contributed by atoms with Gasteiger partial charge >= 0.3 is 0 Å². The van der Waals surface area contributed by atoms with Crippen LogP contribution in [0.1, 0.15) is 39.5 Å². The number of allylic oxidation sites excluding steroid dienone is 2. The van der Waals surface area contributed by atoms with Gasteiger partial charge in [-0.1, -0.05) is 18.6 Å². The second-order valence-corrected chi connectivity index (χ2v) is 3.96. The third kappa shape index (κ3) is 2.47. The maximum atomic E-state index is 10.3. The molecular formula is C11H18O. The van der Waals surface area contributed by atoms with Gasteiger partial charge in [-0.3, -0.25) is 0 Å². The molecule has 12 heavy (non-hydrogen) atoms. The third-order valence-corrected chi connectivity index (χ3v) is 2.95. The Morgan fingerprint density at radius 3 is 3.00 bits per heavy atom. The molecule has 0 fully saturated rings. The number of hydrogen-bond donors (Lipinski definition) is 0. The molecule has 0 radical (unpaired) electrons. The van der Waals surface area contributed by atoms with E-state index in [1.165, 1.54) is 24.8 Å². The van der Waals surface area contributed by atoms with Crippen LogP contribution in [0.25, 0.3) is 0 Å². The Morgan fingerprint density at radius 2 is 2.50 bits per heavy atom. The van der Waals surface area contributed by atoms with Crippen molar-refractivity contribution in [1.29, 1.82) is 0 Å². The Hall–Kier alpha value is -0.590. The van der Waals surface area contributed by atoms with Gasteiger partial charge in [0.15, 0.2) is 0 Å². The van der Waals surface area contributed by atoms with Crippen LogP contribution in [-0.2, 0) is 4.79 Å². The lowest BCUT2D eigenvalue weighted by Crippen LogP contribution is -2.14. The van der Waals surface area contributed by atoms with E-state index in [4.69, 9.17) is 0 Å². The summed E-state index contributed by atoms with van der Waals surface area (Å²) in [5.41, 5.74) is 1.52. The second-order valence-electron chi connectivity index (χ2n) is 3.96. The van der Waals surface area contributed by atoms with Crippen molar-refractivity contribution < 1.29 is 4.79 Å². The van der Waals surface area contributed by atoms with E-state index in [1.54, 1.807) is 0 Å². The van der Waals surface area contributed by atoms with Crippen LogP contribution in [0.15, 0.2) is 11.6 Å². The van der Waals surface area contributed by atoms with E-state index in [2.05, 4.69) is 19.9 Å². The molecule has 1 unspecified atom stereocenters. The lowest BCUT2D eigenvalue weighted by Gasteiger charge is -2.25. The van der Waals surface area contributed by atoms with Crippen molar-refractivity contribution in [2.24, 2.45) is 11.8 Å². The normalized spacial score (nSPS) is 26.2.